The molecule has 2 heterocycles. The van der Waals surface area contributed by atoms with Crippen LogP contribution in [0.25, 0.3) is 85.9 Å². The third kappa shape index (κ3) is 8.01. The molecule has 0 radical (unpaired) electrons. The lowest BCUT2D eigenvalue weighted by Crippen LogP contribution is -2.55. The fourth-order valence-electron chi connectivity index (χ4n) is 19.3. The van der Waals surface area contributed by atoms with E-state index in [0.717, 1.165) is 23.7 Å². The van der Waals surface area contributed by atoms with Crippen molar-refractivity contribution in [2.75, 3.05) is 0 Å². The predicted octanol–water partition coefficient (Wildman–Crippen LogP) is 22.1. The highest BCUT2D eigenvalue weighted by atomic mass is 32.1. The second-order valence-electron chi connectivity index (χ2n) is 27.2. The molecule has 2 heteroatoms. The monoisotopic (exact) mass is 1090 g/mol. The van der Waals surface area contributed by atoms with Gasteiger partial charge in [0.2, 0.25) is 0 Å². The van der Waals surface area contributed by atoms with Gasteiger partial charge in [-0.3, -0.25) is 0 Å². The van der Waals surface area contributed by atoms with Gasteiger partial charge in [-0.2, -0.15) is 0 Å². The summed E-state index contributed by atoms with van der Waals surface area (Å²) in [5.74, 6) is 3.46. The van der Waals surface area contributed by atoms with Crippen LogP contribution in [0.15, 0.2) is 207 Å². The third-order valence-electron chi connectivity index (χ3n) is 22.4. The summed E-state index contributed by atoms with van der Waals surface area (Å²) in [5, 5.41) is 5.52. The minimum absolute atomic E-state index is 0.322. The first kappa shape index (κ1) is 49.5. The average Bonchev–Trinajstić information content (AvgIpc) is 1.81. The Morgan fingerprint density at radius 1 is 0.317 bits per heavy atom. The standard InChI is InChI=1S/C44H38S.C36H32S/c1-2-28-3-13-37(14-4-28)43-23-29-19-30(24-43)26-44(25-29,27-43)38-15-9-32(10-16-38)35-11-17-41-39(21-35)40-22-36(12-18-42(40)45-41)34-8-6-31-5-7-33(31)20-34;1-2-24-7-12-29(13-8-24)35-19-25-17-26(20-35)22-36(21-25,23-35)30-14-9-27(10-15-30)28-11-16-34-32(18-28)31-5-3-4-6-33(31)37-34/h2-4,6,8-18,20-22,29-30H,1,5,7,19,23-27H2;2-16,18,25-26H,1,17,19-23H2. The quantitative estimate of drug-likeness (QED) is 0.135. The van der Waals surface area contributed by atoms with Crippen LogP contribution in [-0.4, -0.2) is 0 Å². The Morgan fingerprint density at radius 2 is 0.646 bits per heavy atom. The second-order valence-corrected chi connectivity index (χ2v) is 29.3. The fourth-order valence-corrected chi connectivity index (χ4v) is 21.4. The highest BCUT2D eigenvalue weighted by Crippen LogP contribution is 2.68. The van der Waals surface area contributed by atoms with Crippen molar-refractivity contribution in [3.8, 4) is 33.4 Å². The molecule has 9 aliphatic carbocycles. The van der Waals surface area contributed by atoms with E-state index in [9.17, 15) is 0 Å². The molecule has 2 aromatic heterocycles. The smallest absolute Gasteiger partial charge is 0.0355 e. The summed E-state index contributed by atoms with van der Waals surface area (Å²) in [6.45, 7) is 7.94. The van der Waals surface area contributed by atoms with E-state index in [1.54, 1.807) is 22.3 Å². The van der Waals surface area contributed by atoms with Crippen LogP contribution in [0, 0.1) is 23.7 Å². The topological polar surface area (TPSA) is 0 Å². The second kappa shape index (κ2) is 18.7. The highest BCUT2D eigenvalue weighted by molar-refractivity contribution is 7.26. The largest absolute Gasteiger partial charge is 0.135 e. The van der Waals surface area contributed by atoms with Gasteiger partial charge in [0.25, 0.3) is 0 Å². The van der Waals surface area contributed by atoms with Crippen LogP contribution in [-0.2, 0) is 34.5 Å². The lowest BCUT2D eigenvalue weighted by Gasteiger charge is -2.63. The summed E-state index contributed by atoms with van der Waals surface area (Å²) in [4.78, 5) is 0. The zero-order valence-corrected chi connectivity index (χ0v) is 48.7. The fraction of sp³-hybridized carbons (Fsp3) is 0.275. The van der Waals surface area contributed by atoms with Crippen molar-refractivity contribution in [1.82, 2.24) is 0 Å². The summed E-state index contributed by atoms with van der Waals surface area (Å²) in [6, 6.07) is 75.4. The number of rotatable bonds is 9. The molecule has 8 bridgehead atoms. The van der Waals surface area contributed by atoms with E-state index in [1.807, 2.05) is 34.8 Å². The first-order chi connectivity index (χ1) is 40.2. The molecule has 8 fully saturated rings. The van der Waals surface area contributed by atoms with Crippen molar-refractivity contribution in [1.29, 1.82) is 0 Å². The maximum Gasteiger partial charge on any atom is 0.0355 e. The van der Waals surface area contributed by atoms with Gasteiger partial charge >= 0.3 is 0 Å². The molecule has 9 aliphatic rings. The summed E-state index contributed by atoms with van der Waals surface area (Å²) in [6.07, 6.45) is 22.9. The summed E-state index contributed by atoms with van der Waals surface area (Å²) < 4.78 is 5.50. The van der Waals surface area contributed by atoms with Crippen LogP contribution >= 0.6 is 22.7 Å². The summed E-state index contributed by atoms with van der Waals surface area (Å²) in [5.41, 5.74) is 21.2. The van der Waals surface area contributed by atoms with E-state index in [4.69, 9.17) is 0 Å². The first-order valence-electron chi connectivity index (χ1n) is 30.9. The molecule has 0 N–H and O–H groups in total. The van der Waals surface area contributed by atoms with Gasteiger partial charge in [0.1, 0.15) is 0 Å². The van der Waals surface area contributed by atoms with Crippen LogP contribution in [0.2, 0.25) is 0 Å². The number of fused-ring (bicyclic) bond motifs is 7. The van der Waals surface area contributed by atoms with Gasteiger partial charge in [0.05, 0.1) is 0 Å². The van der Waals surface area contributed by atoms with Crippen molar-refractivity contribution >= 4 is 75.2 Å². The lowest BCUT2D eigenvalue weighted by molar-refractivity contribution is -0.0282. The Labute approximate surface area is 492 Å². The normalized spacial score (nSPS) is 27.1. The SMILES string of the molecule is C=Cc1ccc(C23CC4CC(C2)CC(c2ccc(-c5ccc6sc7ccc(-c8ccc9c(c8)CC9)cc7c6c5)cc2)(C4)C3)cc1.C=Cc1ccc(C23CC4CC(C2)CC(c2ccc(-c5ccc6sc7ccccc7c6c5)cc2)(C4)C3)cc1. The van der Waals surface area contributed by atoms with Gasteiger partial charge in [0, 0.05) is 40.3 Å². The van der Waals surface area contributed by atoms with Crippen molar-refractivity contribution in [3.63, 3.8) is 0 Å². The molecular weight excluding hydrogens is 1030 g/mol. The van der Waals surface area contributed by atoms with Gasteiger partial charge in [-0.1, -0.05) is 177 Å². The van der Waals surface area contributed by atoms with Gasteiger partial charge in [-0.05, 0) is 256 Å². The molecule has 0 saturated heterocycles. The Hall–Kier alpha value is -7.10. The maximum absolute atomic E-state index is 3.98. The molecule has 9 aromatic carbocycles. The Kier molecular flexibility index (Phi) is 11.3. The molecule has 0 amide bonds. The van der Waals surface area contributed by atoms with Crippen molar-refractivity contribution in [3.05, 3.63) is 252 Å². The van der Waals surface area contributed by atoms with Gasteiger partial charge in [0.15, 0.2) is 0 Å². The molecule has 4 atom stereocenters. The number of hydrogen-bond donors (Lipinski definition) is 0. The number of hydrogen-bond acceptors (Lipinski definition) is 2. The third-order valence-corrected chi connectivity index (χ3v) is 24.7. The minimum Gasteiger partial charge on any atom is -0.135 e. The molecule has 0 spiro atoms. The molecule has 402 valence electrons. The number of thiophene rings is 2. The van der Waals surface area contributed by atoms with Crippen molar-refractivity contribution in [2.45, 2.75) is 112 Å². The maximum atomic E-state index is 3.98. The Balaban J connectivity index is 0.000000133. The molecule has 0 aliphatic heterocycles. The predicted molar refractivity (Wildman–Crippen MR) is 352 cm³/mol. The average molecular weight is 1100 g/mol. The Morgan fingerprint density at radius 3 is 1.04 bits per heavy atom. The van der Waals surface area contributed by atoms with Crippen molar-refractivity contribution in [2.24, 2.45) is 23.7 Å². The molecular formula is C80H70S2. The van der Waals surface area contributed by atoms with E-state index < -0.39 is 0 Å². The number of aryl methyl sites for hydroxylation is 2. The van der Waals surface area contributed by atoms with E-state index in [-0.39, 0.29) is 0 Å². The lowest BCUT2D eigenvalue weighted by atomic mass is 9.41. The van der Waals surface area contributed by atoms with E-state index >= 15 is 0 Å². The molecule has 82 heavy (non-hydrogen) atoms. The van der Waals surface area contributed by atoms with Crippen LogP contribution in [0.4, 0.5) is 0 Å². The highest BCUT2D eigenvalue weighted by Gasteiger charge is 2.60. The van der Waals surface area contributed by atoms with Crippen LogP contribution in [0.3, 0.4) is 0 Å². The molecule has 0 nitrogen and oxygen atoms in total. The van der Waals surface area contributed by atoms with Crippen LogP contribution < -0.4 is 0 Å². The first-order valence-corrected chi connectivity index (χ1v) is 32.5. The molecule has 11 aromatic rings. The molecule has 4 unspecified atom stereocenters. The van der Waals surface area contributed by atoms with E-state index in [0.29, 0.717) is 21.7 Å². The van der Waals surface area contributed by atoms with Crippen LogP contribution in [0.1, 0.15) is 122 Å². The Bertz CT molecular complexity index is 4320. The number of benzene rings is 9. The zero-order valence-electron chi connectivity index (χ0n) is 47.1. The van der Waals surface area contributed by atoms with E-state index in [2.05, 4.69) is 207 Å². The minimum atomic E-state index is 0.322. The summed E-state index contributed by atoms with van der Waals surface area (Å²) >= 11 is 3.81. The van der Waals surface area contributed by atoms with Crippen molar-refractivity contribution < 1.29 is 0 Å². The van der Waals surface area contributed by atoms with E-state index in [1.165, 1.54) is 186 Å². The molecule has 20 rings (SSSR count). The zero-order chi connectivity index (χ0) is 54.4. The van der Waals surface area contributed by atoms with Gasteiger partial charge in [-0.25, -0.2) is 0 Å². The summed E-state index contributed by atoms with van der Waals surface area (Å²) in [7, 11) is 0. The molecule has 8 saturated carbocycles. The van der Waals surface area contributed by atoms with Gasteiger partial charge < -0.3 is 0 Å². The van der Waals surface area contributed by atoms with Gasteiger partial charge in [-0.15, -0.1) is 22.7 Å². The van der Waals surface area contributed by atoms with Crippen LogP contribution in [0.5, 0.6) is 0 Å².